The second-order valence-corrected chi connectivity index (χ2v) is 11.7. The van der Waals surface area contributed by atoms with Crippen molar-refractivity contribution < 1.29 is 17.6 Å². The first-order valence-corrected chi connectivity index (χ1v) is 15.4. The van der Waals surface area contributed by atoms with Gasteiger partial charge >= 0.3 is 0 Å². The summed E-state index contributed by atoms with van der Waals surface area (Å²) in [5.74, 6) is -3.12. The summed E-state index contributed by atoms with van der Waals surface area (Å²) in [6.45, 7) is 4.39. The van der Waals surface area contributed by atoms with Gasteiger partial charge in [0.2, 0.25) is 0 Å². The zero-order valence-electron chi connectivity index (χ0n) is 24.2. The summed E-state index contributed by atoms with van der Waals surface area (Å²) in [5.41, 5.74) is 2.34. The van der Waals surface area contributed by atoms with Gasteiger partial charge in [-0.1, -0.05) is 100 Å². The lowest BCUT2D eigenvalue weighted by Crippen LogP contribution is -2.07. The van der Waals surface area contributed by atoms with E-state index in [-0.39, 0.29) is 22.3 Å². The Balaban J connectivity index is 1.40. The molecule has 2 aromatic carbocycles. The molecule has 0 N–H and O–H groups in total. The average molecular weight is 553 g/mol. The van der Waals surface area contributed by atoms with Gasteiger partial charge in [-0.05, 0) is 80.8 Å². The van der Waals surface area contributed by atoms with Crippen LogP contribution in [0.1, 0.15) is 108 Å². The smallest absolute Gasteiger partial charge is 0.167 e. The largest absolute Gasteiger partial charge is 0.203 e. The van der Waals surface area contributed by atoms with Crippen LogP contribution in [0, 0.1) is 35.1 Å². The van der Waals surface area contributed by atoms with Crippen molar-refractivity contribution >= 4 is 5.57 Å². The first-order valence-electron chi connectivity index (χ1n) is 15.4. The standard InChI is InChI=1S/C36H44F4/c1-3-5-6-10-27-17-19-28(20-18-27)30-23-24-32(36(40)34(30)38)31-22-21-29(33(37)35(31)39)12-8-7-11-26-15-13-25(9-4-2)14-16-26/h7,11,13,19,21-24,26-27H,3-6,8-10,12,14-18,20H2,1-2H3/b11-7+. The molecule has 0 nitrogen and oxygen atoms in total. The summed E-state index contributed by atoms with van der Waals surface area (Å²) in [5, 5.41) is 0. The summed E-state index contributed by atoms with van der Waals surface area (Å²) in [4.78, 5) is 0. The molecule has 0 fully saturated rings. The van der Waals surface area contributed by atoms with Gasteiger partial charge in [0, 0.05) is 16.7 Å². The summed E-state index contributed by atoms with van der Waals surface area (Å²) < 4.78 is 60.4. The van der Waals surface area contributed by atoms with Crippen LogP contribution in [-0.2, 0) is 6.42 Å². The molecule has 4 rings (SSSR count). The number of hydrogen-bond donors (Lipinski definition) is 0. The quantitative estimate of drug-likeness (QED) is 0.140. The molecule has 0 bridgehead atoms. The van der Waals surface area contributed by atoms with Crippen molar-refractivity contribution in [2.45, 2.75) is 104 Å². The van der Waals surface area contributed by atoms with E-state index in [1.807, 2.05) is 6.08 Å². The summed E-state index contributed by atoms with van der Waals surface area (Å²) in [6.07, 6.45) is 22.6. The zero-order chi connectivity index (χ0) is 28.5. The fourth-order valence-corrected chi connectivity index (χ4v) is 6.23. The fourth-order valence-electron chi connectivity index (χ4n) is 6.23. The highest BCUT2D eigenvalue weighted by Crippen LogP contribution is 2.37. The molecular formula is C36H44F4. The van der Waals surface area contributed by atoms with E-state index in [2.05, 4.69) is 32.1 Å². The van der Waals surface area contributed by atoms with E-state index in [4.69, 9.17) is 0 Å². The molecule has 0 aliphatic heterocycles. The molecule has 0 saturated heterocycles. The van der Waals surface area contributed by atoms with Crippen LogP contribution in [-0.4, -0.2) is 0 Å². The highest BCUT2D eigenvalue weighted by Gasteiger charge is 2.23. The van der Waals surface area contributed by atoms with Gasteiger partial charge in [-0.25, -0.2) is 17.6 Å². The Morgan fingerprint density at radius 3 is 2.12 bits per heavy atom. The summed E-state index contributed by atoms with van der Waals surface area (Å²) in [6, 6.07) is 5.76. The summed E-state index contributed by atoms with van der Waals surface area (Å²) in [7, 11) is 0. The second-order valence-electron chi connectivity index (χ2n) is 11.7. The highest BCUT2D eigenvalue weighted by atomic mass is 19.2. The Morgan fingerprint density at radius 1 is 0.725 bits per heavy atom. The number of rotatable bonds is 12. The van der Waals surface area contributed by atoms with Crippen LogP contribution in [0.15, 0.2) is 54.1 Å². The zero-order valence-corrected chi connectivity index (χ0v) is 24.2. The van der Waals surface area contributed by atoms with E-state index in [9.17, 15) is 4.39 Å². The van der Waals surface area contributed by atoms with E-state index < -0.39 is 23.3 Å². The van der Waals surface area contributed by atoms with Crippen molar-refractivity contribution in [3.05, 3.63) is 88.5 Å². The van der Waals surface area contributed by atoms with Crippen LogP contribution in [0.3, 0.4) is 0 Å². The number of benzene rings is 2. The minimum absolute atomic E-state index is 0.229. The lowest BCUT2D eigenvalue weighted by molar-refractivity contribution is 0.427. The van der Waals surface area contributed by atoms with Crippen LogP contribution in [0.5, 0.6) is 0 Å². The minimum Gasteiger partial charge on any atom is -0.203 e. The molecular weight excluding hydrogens is 508 g/mol. The Kier molecular flexibility index (Phi) is 11.3. The van der Waals surface area contributed by atoms with Crippen LogP contribution in [0.4, 0.5) is 17.6 Å². The number of halogens is 4. The molecule has 2 atom stereocenters. The fraction of sp³-hybridized carbons (Fsp3) is 0.500. The molecule has 0 spiro atoms. The van der Waals surface area contributed by atoms with Gasteiger partial charge < -0.3 is 0 Å². The van der Waals surface area contributed by atoms with Crippen LogP contribution >= 0.6 is 0 Å². The Labute approximate surface area is 238 Å². The normalized spacial score (nSPS) is 19.6. The molecule has 216 valence electrons. The minimum atomic E-state index is -1.12. The maximum Gasteiger partial charge on any atom is 0.167 e. The van der Waals surface area contributed by atoms with E-state index in [0.717, 1.165) is 37.7 Å². The van der Waals surface area contributed by atoms with Crippen molar-refractivity contribution in [3.63, 3.8) is 0 Å². The third-order valence-electron chi connectivity index (χ3n) is 8.72. The van der Waals surface area contributed by atoms with Crippen molar-refractivity contribution in [1.29, 1.82) is 0 Å². The van der Waals surface area contributed by atoms with Crippen LogP contribution < -0.4 is 0 Å². The Bertz CT molecular complexity index is 1240. The average Bonchev–Trinajstić information content (AvgIpc) is 2.97. The van der Waals surface area contributed by atoms with Gasteiger partial charge in [0.15, 0.2) is 23.3 Å². The van der Waals surface area contributed by atoms with Crippen molar-refractivity contribution in [2.24, 2.45) is 11.8 Å². The first kappa shape index (κ1) is 30.3. The van der Waals surface area contributed by atoms with Gasteiger partial charge in [-0.3, -0.25) is 0 Å². The van der Waals surface area contributed by atoms with Crippen molar-refractivity contribution in [2.75, 3.05) is 0 Å². The number of unbranched alkanes of at least 4 members (excludes halogenated alkanes) is 2. The molecule has 0 amide bonds. The molecule has 2 aliphatic rings. The highest BCUT2D eigenvalue weighted by molar-refractivity contribution is 5.72. The van der Waals surface area contributed by atoms with E-state index in [0.29, 0.717) is 31.1 Å². The van der Waals surface area contributed by atoms with E-state index in [1.165, 1.54) is 62.8 Å². The maximum atomic E-state index is 15.2. The number of allylic oxidation sites excluding steroid dienone is 6. The number of hydrogen-bond acceptors (Lipinski definition) is 0. The summed E-state index contributed by atoms with van der Waals surface area (Å²) >= 11 is 0. The van der Waals surface area contributed by atoms with Gasteiger partial charge in [0.1, 0.15) is 0 Å². The lowest BCUT2D eigenvalue weighted by atomic mass is 9.83. The molecule has 0 aromatic heterocycles. The molecule has 0 saturated carbocycles. The molecule has 2 aliphatic carbocycles. The van der Waals surface area contributed by atoms with E-state index >= 15 is 13.2 Å². The third-order valence-corrected chi connectivity index (χ3v) is 8.72. The molecule has 40 heavy (non-hydrogen) atoms. The predicted molar refractivity (Wildman–Crippen MR) is 159 cm³/mol. The molecule has 2 unspecified atom stereocenters. The van der Waals surface area contributed by atoms with Gasteiger partial charge in [-0.15, -0.1) is 0 Å². The van der Waals surface area contributed by atoms with Gasteiger partial charge in [0.25, 0.3) is 0 Å². The van der Waals surface area contributed by atoms with Crippen LogP contribution in [0.25, 0.3) is 16.7 Å². The lowest BCUT2D eigenvalue weighted by Gasteiger charge is -2.22. The third kappa shape index (κ3) is 7.56. The topological polar surface area (TPSA) is 0 Å². The first-order chi connectivity index (χ1) is 19.4. The molecule has 2 aromatic rings. The SMILES string of the molecule is CCCCCC1CC=C(c2ccc(-c3ccc(CC/C=C/C4CC=C(CCC)CC4)c(F)c3F)c(F)c2F)CC1. The number of aryl methyl sites for hydroxylation is 1. The van der Waals surface area contributed by atoms with Crippen molar-refractivity contribution in [3.8, 4) is 11.1 Å². The maximum absolute atomic E-state index is 15.2. The molecule has 0 heterocycles. The monoisotopic (exact) mass is 552 g/mol. The van der Waals surface area contributed by atoms with Gasteiger partial charge in [0.05, 0.1) is 0 Å². The predicted octanol–water partition coefficient (Wildman–Crippen LogP) is 11.7. The second kappa shape index (κ2) is 14.8. The molecule has 0 radical (unpaired) electrons. The Morgan fingerprint density at radius 2 is 1.45 bits per heavy atom. The molecule has 4 heteroatoms. The van der Waals surface area contributed by atoms with E-state index in [1.54, 1.807) is 5.57 Å². The van der Waals surface area contributed by atoms with Crippen molar-refractivity contribution in [1.82, 2.24) is 0 Å². The Hall–Kier alpha value is -2.62. The van der Waals surface area contributed by atoms with Crippen LogP contribution in [0.2, 0.25) is 0 Å². The van der Waals surface area contributed by atoms with Gasteiger partial charge in [-0.2, -0.15) is 0 Å².